The molecule has 1 aliphatic carbocycles. The van der Waals surface area contributed by atoms with Crippen molar-refractivity contribution >= 4 is 62.0 Å². The summed E-state index contributed by atoms with van der Waals surface area (Å²) in [4.78, 5) is 18.8. The molecule has 134 valence electrons. The van der Waals surface area contributed by atoms with Gasteiger partial charge >= 0.3 is 0 Å². The summed E-state index contributed by atoms with van der Waals surface area (Å²) in [6, 6.07) is 4.98. The van der Waals surface area contributed by atoms with Gasteiger partial charge in [0.05, 0.1) is 15.7 Å². The number of carbonyl (C=O) groups excluding carboxylic acids is 1. The SMILES string of the molecule is Cc1nc2sc(C(=O)Nc3ccc(Cl)c(Cl)c3)c(N)c2c2c1CCCC2. The number of nitrogen functional groups attached to an aromatic ring is 1. The van der Waals surface area contributed by atoms with Gasteiger partial charge in [0.2, 0.25) is 0 Å². The van der Waals surface area contributed by atoms with E-state index >= 15 is 0 Å². The molecule has 0 radical (unpaired) electrons. The summed E-state index contributed by atoms with van der Waals surface area (Å²) in [7, 11) is 0. The van der Waals surface area contributed by atoms with Crippen LogP contribution in [0.5, 0.6) is 0 Å². The Morgan fingerprint density at radius 2 is 1.92 bits per heavy atom. The first kappa shape index (κ1) is 17.6. The van der Waals surface area contributed by atoms with Crippen LogP contribution in [0, 0.1) is 6.92 Å². The molecule has 1 amide bonds. The highest BCUT2D eigenvalue weighted by molar-refractivity contribution is 7.21. The molecular weight excluding hydrogens is 389 g/mol. The molecule has 0 spiro atoms. The summed E-state index contributed by atoms with van der Waals surface area (Å²) in [6.45, 7) is 2.04. The number of halogens is 2. The smallest absolute Gasteiger partial charge is 0.267 e. The zero-order valence-electron chi connectivity index (χ0n) is 14.2. The fraction of sp³-hybridized carbons (Fsp3) is 0.263. The van der Waals surface area contributed by atoms with Crippen LogP contribution in [0.4, 0.5) is 11.4 Å². The van der Waals surface area contributed by atoms with Crippen molar-refractivity contribution in [2.24, 2.45) is 0 Å². The molecule has 0 saturated heterocycles. The molecule has 4 rings (SSSR count). The van der Waals surface area contributed by atoms with Gasteiger partial charge in [-0.3, -0.25) is 4.79 Å². The van der Waals surface area contributed by atoms with E-state index in [1.54, 1.807) is 18.2 Å². The number of thiophene rings is 1. The Balaban J connectivity index is 1.75. The van der Waals surface area contributed by atoms with E-state index in [1.807, 2.05) is 6.92 Å². The Bertz CT molecular complexity index is 1050. The number of anilines is 2. The molecule has 4 nitrogen and oxygen atoms in total. The van der Waals surface area contributed by atoms with Crippen molar-refractivity contribution in [3.63, 3.8) is 0 Å². The monoisotopic (exact) mass is 405 g/mol. The van der Waals surface area contributed by atoms with E-state index in [-0.39, 0.29) is 5.91 Å². The molecule has 0 aliphatic heterocycles. The minimum absolute atomic E-state index is 0.258. The summed E-state index contributed by atoms with van der Waals surface area (Å²) >= 11 is 13.3. The number of carbonyl (C=O) groups is 1. The maximum Gasteiger partial charge on any atom is 0.267 e. The molecule has 3 N–H and O–H groups in total. The minimum Gasteiger partial charge on any atom is -0.397 e. The molecule has 1 aromatic carbocycles. The molecule has 0 bridgehead atoms. The van der Waals surface area contributed by atoms with Gasteiger partial charge in [-0.15, -0.1) is 11.3 Å². The normalized spacial score (nSPS) is 13.7. The molecule has 0 fully saturated rings. The van der Waals surface area contributed by atoms with Gasteiger partial charge in [0.25, 0.3) is 5.91 Å². The van der Waals surface area contributed by atoms with Crippen molar-refractivity contribution in [2.75, 3.05) is 11.1 Å². The summed E-state index contributed by atoms with van der Waals surface area (Å²) in [5.41, 5.74) is 11.1. The first-order valence-corrected chi connectivity index (χ1v) is 9.99. The van der Waals surface area contributed by atoms with E-state index in [0.717, 1.165) is 35.2 Å². The van der Waals surface area contributed by atoms with Crippen molar-refractivity contribution in [1.29, 1.82) is 0 Å². The zero-order chi connectivity index (χ0) is 18.4. The molecule has 3 aromatic rings. The van der Waals surface area contributed by atoms with E-state index in [1.165, 1.54) is 28.9 Å². The number of rotatable bonds is 2. The fourth-order valence-electron chi connectivity index (χ4n) is 3.53. The van der Waals surface area contributed by atoms with E-state index in [4.69, 9.17) is 33.9 Å². The average molecular weight is 406 g/mol. The lowest BCUT2D eigenvalue weighted by atomic mass is 9.89. The lowest BCUT2D eigenvalue weighted by Crippen LogP contribution is -2.12. The predicted molar refractivity (Wildman–Crippen MR) is 110 cm³/mol. The Morgan fingerprint density at radius 3 is 2.65 bits per heavy atom. The Labute approximate surface area is 165 Å². The summed E-state index contributed by atoms with van der Waals surface area (Å²) in [5.74, 6) is -0.258. The largest absolute Gasteiger partial charge is 0.397 e. The van der Waals surface area contributed by atoms with Crippen LogP contribution in [-0.4, -0.2) is 10.9 Å². The number of nitrogens with one attached hydrogen (secondary N) is 1. The second-order valence-corrected chi connectivity index (χ2v) is 8.28. The van der Waals surface area contributed by atoms with Crippen molar-refractivity contribution in [1.82, 2.24) is 4.98 Å². The number of amides is 1. The van der Waals surface area contributed by atoms with Gasteiger partial charge in [-0.25, -0.2) is 4.98 Å². The number of pyridine rings is 1. The summed E-state index contributed by atoms with van der Waals surface area (Å²) in [6.07, 6.45) is 4.34. The number of aryl methyl sites for hydroxylation is 2. The summed E-state index contributed by atoms with van der Waals surface area (Å²) < 4.78 is 0. The zero-order valence-corrected chi connectivity index (χ0v) is 16.5. The van der Waals surface area contributed by atoms with Gasteiger partial charge < -0.3 is 11.1 Å². The van der Waals surface area contributed by atoms with E-state index in [2.05, 4.69) is 5.32 Å². The van der Waals surface area contributed by atoms with Gasteiger partial charge in [0, 0.05) is 16.8 Å². The standard InChI is InChI=1S/C19H17Cl2N3OS/c1-9-11-4-2-3-5-12(11)15-16(22)17(26-19(15)23-9)18(25)24-10-6-7-13(20)14(21)8-10/h6-8H,2-5,22H2,1H3,(H,24,25). The number of benzene rings is 1. The van der Waals surface area contributed by atoms with E-state index in [9.17, 15) is 4.79 Å². The van der Waals surface area contributed by atoms with E-state index < -0.39 is 0 Å². The number of hydrogen-bond donors (Lipinski definition) is 2. The number of hydrogen-bond acceptors (Lipinski definition) is 4. The topological polar surface area (TPSA) is 68.0 Å². The fourth-order valence-corrected chi connectivity index (χ4v) is 4.90. The molecule has 2 heterocycles. The van der Waals surface area contributed by atoms with Gasteiger partial charge in [-0.2, -0.15) is 0 Å². The van der Waals surface area contributed by atoms with Crippen LogP contribution in [0.25, 0.3) is 10.2 Å². The van der Waals surface area contributed by atoms with E-state index in [0.29, 0.717) is 26.3 Å². The number of nitrogens with two attached hydrogens (primary N) is 1. The average Bonchev–Trinajstić information content (AvgIpc) is 2.95. The Kier molecular flexibility index (Phi) is 4.55. The predicted octanol–water partition coefficient (Wildman–Crippen LogP) is 5.62. The molecule has 7 heteroatoms. The molecule has 2 aromatic heterocycles. The van der Waals surface area contributed by atoms with Gasteiger partial charge in [0.1, 0.15) is 9.71 Å². The number of fused-ring (bicyclic) bond motifs is 3. The van der Waals surface area contributed by atoms with Gasteiger partial charge in [-0.1, -0.05) is 23.2 Å². The maximum absolute atomic E-state index is 12.8. The van der Waals surface area contributed by atoms with Crippen LogP contribution < -0.4 is 11.1 Å². The lowest BCUT2D eigenvalue weighted by molar-refractivity contribution is 0.103. The first-order valence-electron chi connectivity index (χ1n) is 8.42. The minimum atomic E-state index is -0.258. The second-order valence-electron chi connectivity index (χ2n) is 6.47. The Hall–Kier alpha value is -1.82. The van der Waals surface area contributed by atoms with Crippen LogP contribution in [0.1, 0.15) is 39.3 Å². The third-order valence-corrected chi connectivity index (χ3v) is 6.62. The molecule has 0 atom stereocenters. The van der Waals surface area contributed by atoms with Crippen molar-refractivity contribution in [3.05, 3.63) is 49.9 Å². The Morgan fingerprint density at radius 1 is 1.19 bits per heavy atom. The van der Waals surface area contributed by atoms with Gasteiger partial charge in [0.15, 0.2) is 0 Å². The lowest BCUT2D eigenvalue weighted by Gasteiger charge is -2.18. The van der Waals surface area contributed by atoms with Crippen LogP contribution in [0.2, 0.25) is 10.0 Å². The third kappa shape index (κ3) is 2.94. The number of aromatic nitrogens is 1. The molecule has 0 saturated carbocycles. The third-order valence-electron chi connectivity index (χ3n) is 4.79. The number of nitrogens with zero attached hydrogens (tertiary/aromatic N) is 1. The highest BCUT2D eigenvalue weighted by Gasteiger charge is 2.24. The van der Waals surface area contributed by atoms with Crippen LogP contribution in [0.3, 0.4) is 0 Å². The van der Waals surface area contributed by atoms with Crippen molar-refractivity contribution < 1.29 is 4.79 Å². The summed E-state index contributed by atoms with van der Waals surface area (Å²) in [5, 5.41) is 4.63. The molecule has 1 aliphatic rings. The van der Waals surface area contributed by atoms with Crippen molar-refractivity contribution in [2.45, 2.75) is 32.6 Å². The highest BCUT2D eigenvalue weighted by atomic mass is 35.5. The highest BCUT2D eigenvalue weighted by Crippen LogP contribution is 2.40. The maximum atomic E-state index is 12.8. The van der Waals surface area contributed by atoms with Crippen LogP contribution in [-0.2, 0) is 12.8 Å². The first-order chi connectivity index (χ1) is 12.5. The molecular formula is C19H17Cl2N3OS. The quantitative estimate of drug-likeness (QED) is 0.580. The van der Waals surface area contributed by atoms with Crippen molar-refractivity contribution in [3.8, 4) is 0 Å². The molecule has 0 unspecified atom stereocenters. The van der Waals surface area contributed by atoms with Crippen LogP contribution >= 0.6 is 34.5 Å². The van der Waals surface area contributed by atoms with Crippen LogP contribution in [0.15, 0.2) is 18.2 Å². The second kappa shape index (κ2) is 6.72. The molecule has 26 heavy (non-hydrogen) atoms. The van der Waals surface area contributed by atoms with Gasteiger partial charge in [-0.05, 0) is 61.9 Å².